The summed E-state index contributed by atoms with van der Waals surface area (Å²) in [4.78, 5) is 2.82. The van der Waals surface area contributed by atoms with Gasteiger partial charge in [-0.3, -0.25) is 0 Å². The van der Waals surface area contributed by atoms with Crippen LogP contribution in [0.15, 0.2) is 18.2 Å². The highest BCUT2D eigenvalue weighted by molar-refractivity contribution is 5.52. The Hall–Kier alpha value is -1.70. The predicted molar refractivity (Wildman–Crippen MR) is 39.4 cm³/mol. The molecule has 0 saturated carbocycles. The summed E-state index contributed by atoms with van der Waals surface area (Å²) in [5.41, 5.74) is -1.33. The summed E-state index contributed by atoms with van der Waals surface area (Å²) in [6.07, 6.45) is -4.62. The molecule has 0 unspecified atom stereocenters. The summed E-state index contributed by atoms with van der Waals surface area (Å²) in [5.74, 6) is -0.861. The third kappa shape index (κ3) is 1.90. The standard InChI is InChI=1S/C8H4F3NO/c1-12-5-2-3-7(13)6(4-5)8(9,10)11/h2-4,13H. The maximum absolute atomic E-state index is 12.1. The van der Waals surface area contributed by atoms with Crippen LogP contribution in [0.3, 0.4) is 0 Å². The van der Waals surface area contributed by atoms with E-state index in [1.54, 1.807) is 0 Å². The SMILES string of the molecule is [C-]#[N+]c1ccc(O)c(C(F)(F)F)c1. The fourth-order valence-corrected chi connectivity index (χ4v) is 0.821. The minimum absolute atomic E-state index is 0.148. The van der Waals surface area contributed by atoms with Crippen molar-refractivity contribution in [3.05, 3.63) is 35.2 Å². The molecule has 0 bridgehead atoms. The Balaban J connectivity index is 3.29. The summed E-state index contributed by atoms with van der Waals surface area (Å²) >= 11 is 0. The van der Waals surface area contributed by atoms with Gasteiger partial charge in [-0.15, -0.1) is 0 Å². The Bertz CT molecular complexity index is 365. The summed E-state index contributed by atoms with van der Waals surface area (Å²) in [7, 11) is 0. The molecule has 68 valence electrons. The number of halogens is 3. The van der Waals surface area contributed by atoms with E-state index in [0.717, 1.165) is 12.1 Å². The molecule has 0 saturated heterocycles. The Labute approximate surface area is 72.1 Å². The molecule has 13 heavy (non-hydrogen) atoms. The molecule has 0 amide bonds. The van der Waals surface area contributed by atoms with Crippen molar-refractivity contribution in [2.75, 3.05) is 0 Å². The van der Waals surface area contributed by atoms with Crippen LogP contribution in [0.5, 0.6) is 5.75 Å². The van der Waals surface area contributed by atoms with Crippen LogP contribution in [0.2, 0.25) is 0 Å². The maximum Gasteiger partial charge on any atom is 0.418 e. The molecule has 1 aromatic rings. The van der Waals surface area contributed by atoms with Crippen LogP contribution < -0.4 is 0 Å². The van der Waals surface area contributed by atoms with Gasteiger partial charge in [-0.2, -0.15) is 13.2 Å². The normalized spacial score (nSPS) is 10.9. The zero-order chi connectivity index (χ0) is 10.1. The number of phenols is 1. The molecule has 1 rings (SSSR count). The third-order valence-corrected chi connectivity index (χ3v) is 1.41. The average molecular weight is 187 g/mol. The molecule has 5 heteroatoms. The molecule has 0 aromatic heterocycles. The second-order valence-electron chi connectivity index (χ2n) is 2.31. The Morgan fingerprint density at radius 3 is 2.38 bits per heavy atom. The highest BCUT2D eigenvalue weighted by Crippen LogP contribution is 2.37. The van der Waals surface area contributed by atoms with E-state index >= 15 is 0 Å². The van der Waals surface area contributed by atoms with Gasteiger partial charge in [0.2, 0.25) is 0 Å². The Morgan fingerprint density at radius 2 is 1.92 bits per heavy atom. The molecular formula is C8H4F3NO. The van der Waals surface area contributed by atoms with Crippen molar-refractivity contribution in [2.24, 2.45) is 0 Å². The van der Waals surface area contributed by atoms with E-state index in [0.29, 0.717) is 6.07 Å². The molecule has 0 aliphatic heterocycles. The van der Waals surface area contributed by atoms with E-state index < -0.39 is 17.5 Å². The lowest BCUT2D eigenvalue weighted by Gasteiger charge is -2.08. The van der Waals surface area contributed by atoms with E-state index in [1.165, 1.54) is 0 Å². The zero-order valence-corrected chi connectivity index (χ0v) is 6.26. The maximum atomic E-state index is 12.1. The van der Waals surface area contributed by atoms with Crippen LogP contribution in [-0.4, -0.2) is 5.11 Å². The number of rotatable bonds is 0. The topological polar surface area (TPSA) is 24.6 Å². The van der Waals surface area contributed by atoms with Crippen molar-refractivity contribution in [1.29, 1.82) is 0 Å². The Morgan fingerprint density at radius 1 is 1.31 bits per heavy atom. The lowest BCUT2D eigenvalue weighted by molar-refractivity contribution is -0.138. The monoisotopic (exact) mass is 187 g/mol. The largest absolute Gasteiger partial charge is 0.507 e. The molecule has 2 nitrogen and oxygen atoms in total. The quantitative estimate of drug-likeness (QED) is 0.620. The first-order valence-electron chi connectivity index (χ1n) is 3.23. The van der Waals surface area contributed by atoms with Crippen molar-refractivity contribution in [3.8, 4) is 5.75 Å². The molecule has 1 N–H and O–H groups in total. The highest BCUT2D eigenvalue weighted by atomic mass is 19.4. The number of alkyl halides is 3. The van der Waals surface area contributed by atoms with Crippen LogP contribution >= 0.6 is 0 Å². The average Bonchev–Trinajstić information content (AvgIpc) is 2.03. The molecule has 0 atom stereocenters. The van der Waals surface area contributed by atoms with Gasteiger partial charge in [0.05, 0.1) is 12.1 Å². The first kappa shape index (κ1) is 9.39. The minimum atomic E-state index is -4.62. The summed E-state index contributed by atoms with van der Waals surface area (Å²) < 4.78 is 36.3. The molecule has 0 heterocycles. The van der Waals surface area contributed by atoms with Gasteiger partial charge in [0.25, 0.3) is 0 Å². The van der Waals surface area contributed by atoms with Gasteiger partial charge in [0.1, 0.15) is 5.75 Å². The second kappa shape index (κ2) is 2.98. The van der Waals surface area contributed by atoms with Crippen molar-refractivity contribution >= 4 is 5.69 Å². The number of aromatic hydroxyl groups is 1. The molecule has 1 aromatic carbocycles. The van der Waals surface area contributed by atoms with Gasteiger partial charge in [0.15, 0.2) is 5.69 Å². The number of phenolic OH excluding ortho intramolecular Hbond substituents is 1. The van der Waals surface area contributed by atoms with Crippen LogP contribution in [0.25, 0.3) is 4.85 Å². The summed E-state index contributed by atoms with van der Waals surface area (Å²) in [6.45, 7) is 6.49. The van der Waals surface area contributed by atoms with E-state index in [-0.39, 0.29) is 5.69 Å². The first-order chi connectivity index (χ1) is 5.95. The van der Waals surface area contributed by atoms with Gasteiger partial charge >= 0.3 is 6.18 Å². The van der Waals surface area contributed by atoms with Crippen molar-refractivity contribution < 1.29 is 18.3 Å². The van der Waals surface area contributed by atoms with Crippen LogP contribution in [0.4, 0.5) is 18.9 Å². The Kier molecular flexibility index (Phi) is 2.15. The van der Waals surface area contributed by atoms with Crippen LogP contribution in [0.1, 0.15) is 5.56 Å². The van der Waals surface area contributed by atoms with Gasteiger partial charge in [-0.25, -0.2) is 4.85 Å². The number of benzene rings is 1. The van der Waals surface area contributed by atoms with Gasteiger partial charge in [-0.1, -0.05) is 6.07 Å². The smallest absolute Gasteiger partial charge is 0.418 e. The molecular weight excluding hydrogens is 183 g/mol. The molecule has 0 aliphatic rings. The van der Waals surface area contributed by atoms with Crippen LogP contribution in [-0.2, 0) is 6.18 Å². The third-order valence-electron chi connectivity index (χ3n) is 1.41. The number of hydrogen-bond donors (Lipinski definition) is 1. The molecule has 0 fully saturated rings. The first-order valence-corrected chi connectivity index (χ1v) is 3.23. The highest BCUT2D eigenvalue weighted by Gasteiger charge is 2.33. The molecule has 0 spiro atoms. The van der Waals surface area contributed by atoms with Crippen LogP contribution in [0, 0.1) is 6.57 Å². The predicted octanol–water partition coefficient (Wildman–Crippen LogP) is 2.96. The summed E-state index contributed by atoms with van der Waals surface area (Å²) in [6, 6.07) is 2.59. The van der Waals surface area contributed by atoms with E-state index in [4.69, 9.17) is 11.7 Å². The van der Waals surface area contributed by atoms with Gasteiger partial charge in [0, 0.05) is 0 Å². The molecule has 0 radical (unpaired) electrons. The molecule has 0 aliphatic carbocycles. The lowest BCUT2D eigenvalue weighted by Crippen LogP contribution is -2.04. The summed E-state index contributed by atoms with van der Waals surface area (Å²) in [5, 5.41) is 8.84. The zero-order valence-electron chi connectivity index (χ0n) is 6.26. The lowest BCUT2D eigenvalue weighted by atomic mass is 10.2. The minimum Gasteiger partial charge on any atom is -0.507 e. The van der Waals surface area contributed by atoms with Gasteiger partial charge < -0.3 is 5.11 Å². The fourth-order valence-electron chi connectivity index (χ4n) is 0.821. The number of hydrogen-bond acceptors (Lipinski definition) is 1. The van der Waals surface area contributed by atoms with Crippen molar-refractivity contribution in [3.63, 3.8) is 0 Å². The van der Waals surface area contributed by atoms with Crippen molar-refractivity contribution in [2.45, 2.75) is 6.18 Å². The second-order valence-corrected chi connectivity index (χ2v) is 2.31. The fraction of sp³-hybridized carbons (Fsp3) is 0.125. The van der Waals surface area contributed by atoms with E-state index in [9.17, 15) is 13.2 Å². The van der Waals surface area contributed by atoms with Crippen molar-refractivity contribution in [1.82, 2.24) is 0 Å². The van der Waals surface area contributed by atoms with Gasteiger partial charge in [-0.05, 0) is 12.1 Å². The van der Waals surface area contributed by atoms with E-state index in [2.05, 4.69) is 4.85 Å². The van der Waals surface area contributed by atoms with E-state index in [1.807, 2.05) is 0 Å². The number of nitrogens with zero attached hydrogens (tertiary/aromatic N) is 1.